The van der Waals surface area contributed by atoms with Crippen LogP contribution in [0.4, 0.5) is 14.3 Å². The second-order valence-electron chi connectivity index (χ2n) is 16.0. The molecule has 8 rings (SSSR count). The summed E-state index contributed by atoms with van der Waals surface area (Å²) in [6.45, 7) is -0.0183. The lowest BCUT2D eigenvalue weighted by atomic mass is 10.1. The van der Waals surface area contributed by atoms with Crippen LogP contribution >= 0.6 is 11.3 Å². The number of nitrogens with zero attached hydrogens (tertiary/aromatic N) is 3. The minimum absolute atomic E-state index is 0.0000658. The summed E-state index contributed by atoms with van der Waals surface area (Å²) in [6, 6.07) is 8.88. The first-order chi connectivity index (χ1) is 28.1. The van der Waals surface area contributed by atoms with Gasteiger partial charge in [-0.3, -0.25) is 24.0 Å². The van der Waals surface area contributed by atoms with Crippen molar-refractivity contribution in [3.8, 4) is 11.3 Å². The second kappa shape index (κ2) is 15.9. The fourth-order valence-electron chi connectivity index (χ4n) is 8.07. The van der Waals surface area contributed by atoms with Gasteiger partial charge in [0.1, 0.15) is 29.5 Å². The molecule has 5 aliphatic rings. The summed E-state index contributed by atoms with van der Waals surface area (Å²) in [5.74, 6) is -2.88. The van der Waals surface area contributed by atoms with Crippen LogP contribution in [-0.4, -0.2) is 97.2 Å². The fourth-order valence-corrected chi connectivity index (χ4v) is 10.8. The number of carbonyl (C=O) groups excluding carboxylic acids is 4. The van der Waals surface area contributed by atoms with E-state index in [9.17, 15) is 40.4 Å². The molecule has 4 amide bonds. The lowest BCUT2D eigenvalue weighted by Crippen LogP contribution is -2.57. The molecule has 2 aliphatic carbocycles. The molecule has 314 valence electrons. The molecular formula is C40H45FN6O9S3. The minimum atomic E-state index is -3.93. The number of ether oxygens (including phenoxy) is 1. The van der Waals surface area contributed by atoms with Gasteiger partial charge in [-0.2, -0.15) is 0 Å². The van der Waals surface area contributed by atoms with Crippen LogP contribution in [0.25, 0.3) is 11.3 Å². The second-order valence-corrected chi connectivity index (χ2v) is 20.9. The Hall–Kier alpha value is -4.88. The van der Waals surface area contributed by atoms with Crippen molar-refractivity contribution in [1.29, 1.82) is 0 Å². The summed E-state index contributed by atoms with van der Waals surface area (Å²) in [5, 5.41) is 7.65. The number of sulfonamides is 1. The van der Waals surface area contributed by atoms with Crippen molar-refractivity contribution < 1.29 is 45.1 Å². The molecule has 4 heterocycles. The molecule has 19 heteroatoms. The van der Waals surface area contributed by atoms with Crippen molar-refractivity contribution >= 4 is 60.1 Å². The van der Waals surface area contributed by atoms with E-state index in [1.54, 1.807) is 29.6 Å². The lowest BCUT2D eigenvalue weighted by molar-refractivity contribution is -0.140. The van der Waals surface area contributed by atoms with Crippen molar-refractivity contribution in [2.75, 3.05) is 18.1 Å². The number of carbonyl (C=O) groups is 4. The fraction of sp³-hybridized carbons (Fsp3) is 0.475. The first-order valence-corrected chi connectivity index (χ1v) is 24.0. The van der Waals surface area contributed by atoms with Gasteiger partial charge in [-0.15, -0.1) is 11.3 Å². The van der Waals surface area contributed by atoms with E-state index >= 15 is 0 Å². The van der Waals surface area contributed by atoms with Gasteiger partial charge in [-0.25, -0.2) is 31.0 Å². The molecule has 2 saturated carbocycles. The van der Waals surface area contributed by atoms with Gasteiger partial charge in [-0.05, 0) is 62.3 Å². The Morgan fingerprint density at radius 3 is 2.53 bits per heavy atom. The van der Waals surface area contributed by atoms with E-state index in [-0.39, 0.29) is 37.4 Å². The number of allylic oxidation sites excluding steroid dienone is 1. The smallest absolute Gasteiger partial charge is 0.410 e. The van der Waals surface area contributed by atoms with Crippen molar-refractivity contribution in [3.63, 3.8) is 0 Å². The Bertz CT molecular complexity index is 2420. The molecule has 15 nitrogen and oxygen atoms in total. The van der Waals surface area contributed by atoms with Crippen LogP contribution in [0.1, 0.15) is 68.9 Å². The number of halogens is 1. The van der Waals surface area contributed by atoms with Crippen LogP contribution in [0.15, 0.2) is 64.9 Å². The SMILES string of the molecule is CS(=O)(=O)c1ccc(-c2csc(N[C@H]3CCCCCC=C[C@@H]4C[C@@]4(C(=O)NS(=O)(=O)C4CC4)NC(=O)[C@@H]4C[C@@H](OC(=O)N5Cc6cccc(F)c6C5)CN4C3=O)n2)cc1. The molecule has 0 unspecified atom stereocenters. The highest BCUT2D eigenvalue weighted by molar-refractivity contribution is 7.91. The van der Waals surface area contributed by atoms with Gasteiger partial charge in [-0.1, -0.05) is 49.3 Å². The number of anilines is 1. The van der Waals surface area contributed by atoms with Gasteiger partial charge >= 0.3 is 6.09 Å². The van der Waals surface area contributed by atoms with E-state index in [0.717, 1.165) is 19.1 Å². The summed E-state index contributed by atoms with van der Waals surface area (Å²) < 4.78 is 72.3. The highest BCUT2D eigenvalue weighted by Gasteiger charge is 2.62. The zero-order chi connectivity index (χ0) is 41.7. The van der Waals surface area contributed by atoms with E-state index in [1.165, 1.54) is 39.3 Å². The zero-order valence-electron chi connectivity index (χ0n) is 32.3. The number of thiazole rings is 1. The van der Waals surface area contributed by atoms with E-state index in [4.69, 9.17) is 4.74 Å². The summed E-state index contributed by atoms with van der Waals surface area (Å²) in [6.07, 6.45) is 7.43. The van der Waals surface area contributed by atoms with Crippen LogP contribution in [0.2, 0.25) is 0 Å². The molecule has 3 N–H and O–H groups in total. The number of sulfone groups is 1. The number of rotatable bonds is 8. The Kier molecular flexibility index (Phi) is 11.1. The molecule has 1 aromatic heterocycles. The predicted octanol–water partition coefficient (Wildman–Crippen LogP) is 4.26. The maximum absolute atomic E-state index is 14.7. The molecule has 3 fully saturated rings. The summed E-state index contributed by atoms with van der Waals surface area (Å²) in [4.78, 5) is 63.9. The Labute approximate surface area is 345 Å². The quantitative estimate of drug-likeness (QED) is 0.273. The number of hydrogen-bond donors (Lipinski definition) is 3. The van der Waals surface area contributed by atoms with Gasteiger partial charge in [0.15, 0.2) is 15.0 Å². The van der Waals surface area contributed by atoms with Gasteiger partial charge < -0.3 is 20.3 Å². The van der Waals surface area contributed by atoms with Crippen LogP contribution in [0.5, 0.6) is 0 Å². The molecule has 0 radical (unpaired) electrons. The van der Waals surface area contributed by atoms with Crippen molar-refractivity contribution in [3.05, 3.63) is 76.9 Å². The predicted molar refractivity (Wildman–Crippen MR) is 215 cm³/mol. The molecule has 59 heavy (non-hydrogen) atoms. The average molecular weight is 869 g/mol. The Morgan fingerprint density at radius 2 is 1.80 bits per heavy atom. The summed E-state index contributed by atoms with van der Waals surface area (Å²) in [7, 11) is -7.33. The van der Waals surface area contributed by atoms with Gasteiger partial charge in [0, 0.05) is 41.6 Å². The standard InChI is InChI=1S/C40H45FN6O9S3/c1-58(52,53)28-14-12-24(13-15-28)33-23-57-38(43-33)42-32-11-6-4-2-3-5-9-26-19-40(26,37(50)45-59(54,55)29-16-17-29)44-35(48)34-18-27(21-47(34)36(32)49)56-39(51)46-20-25-8-7-10-31(41)30(25)22-46/h5,7-10,12-15,23,26-27,29,32,34H,2-4,6,11,16-22H2,1H3,(H,42,43)(H,44,48)(H,45,50)/t26-,27-,32+,34+,40-/m1/s1. The first kappa shape index (κ1) is 40.9. The summed E-state index contributed by atoms with van der Waals surface area (Å²) in [5.41, 5.74) is 0.729. The molecule has 2 aromatic carbocycles. The first-order valence-electron chi connectivity index (χ1n) is 19.7. The number of benzene rings is 2. The van der Waals surface area contributed by atoms with Crippen LogP contribution in [0.3, 0.4) is 0 Å². The molecule has 3 aliphatic heterocycles. The maximum Gasteiger partial charge on any atom is 0.410 e. The summed E-state index contributed by atoms with van der Waals surface area (Å²) >= 11 is 1.26. The minimum Gasteiger partial charge on any atom is -0.444 e. The molecule has 5 atom stereocenters. The largest absolute Gasteiger partial charge is 0.444 e. The third kappa shape index (κ3) is 8.73. The normalized spacial score (nSPS) is 26.1. The number of aromatic nitrogens is 1. The van der Waals surface area contributed by atoms with E-state index in [0.29, 0.717) is 59.6 Å². The maximum atomic E-state index is 14.7. The topological polar surface area (TPSA) is 201 Å². The van der Waals surface area contributed by atoms with E-state index in [2.05, 4.69) is 20.3 Å². The van der Waals surface area contributed by atoms with Gasteiger partial charge in [0.05, 0.1) is 28.9 Å². The number of hydrogen-bond acceptors (Lipinski definition) is 12. The Balaban J connectivity index is 1.05. The van der Waals surface area contributed by atoms with Crippen LogP contribution < -0.4 is 15.4 Å². The highest BCUT2D eigenvalue weighted by Crippen LogP contribution is 2.46. The van der Waals surface area contributed by atoms with Gasteiger partial charge in [0.2, 0.25) is 21.8 Å². The molecule has 0 spiro atoms. The van der Waals surface area contributed by atoms with Crippen LogP contribution in [-0.2, 0) is 52.1 Å². The van der Waals surface area contributed by atoms with E-state index < -0.39 is 84.4 Å². The van der Waals surface area contributed by atoms with Crippen molar-refractivity contribution in [1.82, 2.24) is 24.8 Å². The van der Waals surface area contributed by atoms with Crippen molar-refractivity contribution in [2.24, 2.45) is 5.92 Å². The Morgan fingerprint density at radius 1 is 1.02 bits per heavy atom. The van der Waals surface area contributed by atoms with E-state index in [1.807, 2.05) is 12.2 Å². The average Bonchev–Trinajstić information content (AvgIpc) is 3.99. The zero-order valence-corrected chi connectivity index (χ0v) is 34.7. The third-order valence-corrected chi connectivity index (χ3v) is 15.4. The molecule has 0 bridgehead atoms. The monoisotopic (exact) mass is 868 g/mol. The molecule has 3 aromatic rings. The number of nitrogens with one attached hydrogen (secondary N) is 3. The van der Waals surface area contributed by atoms with Crippen molar-refractivity contribution in [2.45, 2.75) is 105 Å². The number of fused-ring (bicyclic) bond motifs is 3. The highest BCUT2D eigenvalue weighted by atomic mass is 32.2. The third-order valence-electron chi connectivity index (χ3n) is 11.7. The lowest BCUT2D eigenvalue weighted by Gasteiger charge is -2.29. The van der Waals surface area contributed by atoms with Gasteiger partial charge in [0.25, 0.3) is 5.91 Å². The van der Waals surface area contributed by atoms with Crippen LogP contribution in [0, 0.1) is 11.7 Å². The number of amides is 4. The molecule has 1 saturated heterocycles. The molecular weight excluding hydrogens is 824 g/mol.